The molecular weight excluding hydrogens is 536 g/mol. The number of halogens is 8. The maximum absolute atomic E-state index is 15.4. The third kappa shape index (κ3) is 3.25. The van der Waals surface area contributed by atoms with Crippen LogP contribution < -0.4 is 0 Å². The zero-order chi connectivity index (χ0) is 29.9. The van der Waals surface area contributed by atoms with Crippen LogP contribution in [-0.2, 0) is 0 Å². The number of hydrogen-bond donors (Lipinski definition) is 0. The summed E-state index contributed by atoms with van der Waals surface area (Å²) in [6.07, 6.45) is 0. The average Bonchev–Trinajstić information content (AvgIpc) is 2.92. The fourth-order valence-corrected chi connectivity index (χ4v) is 6.19. The summed E-state index contributed by atoms with van der Waals surface area (Å²) in [5.41, 5.74) is -2.33. The van der Waals surface area contributed by atoms with Crippen LogP contribution in [-0.4, -0.2) is 0 Å². The molecule has 0 spiro atoms. The van der Waals surface area contributed by atoms with Crippen LogP contribution in [0.25, 0.3) is 0 Å². The fourth-order valence-electron chi connectivity index (χ4n) is 6.19. The largest absolute Gasteiger partial charge is 0.203 e. The molecule has 0 amide bonds. The first-order valence-electron chi connectivity index (χ1n) is 12.5. The summed E-state index contributed by atoms with van der Waals surface area (Å²) in [6.45, 7) is 9.92. The molecule has 0 atom stereocenters. The van der Waals surface area contributed by atoms with Crippen LogP contribution in [0.1, 0.15) is 44.5 Å². The van der Waals surface area contributed by atoms with Crippen molar-refractivity contribution in [2.24, 2.45) is 0 Å². The highest BCUT2D eigenvalue weighted by atomic mass is 19.2. The highest BCUT2D eigenvalue weighted by molar-refractivity contribution is 5.46. The van der Waals surface area contributed by atoms with Gasteiger partial charge in [0.25, 0.3) is 0 Å². The van der Waals surface area contributed by atoms with Crippen LogP contribution in [0.15, 0.2) is 0 Å². The average molecular weight is 561 g/mol. The molecule has 5 rings (SSSR count). The molecule has 208 valence electrons. The molecule has 1 aliphatic rings. The van der Waals surface area contributed by atoms with Gasteiger partial charge in [0.1, 0.15) is 0 Å². The second-order valence-corrected chi connectivity index (χ2v) is 10.5. The van der Waals surface area contributed by atoms with E-state index in [9.17, 15) is 0 Å². The van der Waals surface area contributed by atoms with Crippen LogP contribution in [0.3, 0.4) is 0 Å². The first-order chi connectivity index (χ1) is 18.6. The lowest BCUT2D eigenvalue weighted by Crippen LogP contribution is -2.09. The summed E-state index contributed by atoms with van der Waals surface area (Å²) in [5.74, 6) is -10.1. The van der Waals surface area contributed by atoms with Gasteiger partial charge in [0.05, 0.1) is 0 Å². The highest BCUT2D eigenvalue weighted by Gasteiger charge is 2.24. The predicted molar refractivity (Wildman–Crippen MR) is 134 cm³/mol. The maximum Gasteiger partial charge on any atom is 0.162 e. The van der Waals surface area contributed by atoms with Crippen molar-refractivity contribution in [1.82, 2.24) is 0 Å². The van der Waals surface area contributed by atoms with E-state index in [1.54, 1.807) is 0 Å². The molecule has 0 nitrogen and oxygen atoms in total. The smallest absolute Gasteiger partial charge is 0.162 e. The topological polar surface area (TPSA) is 0 Å². The van der Waals surface area contributed by atoms with E-state index >= 15 is 35.1 Å². The minimum absolute atomic E-state index is 0.0758. The van der Waals surface area contributed by atoms with Gasteiger partial charge in [-0.05, 0) is 142 Å². The lowest BCUT2D eigenvalue weighted by atomic mass is 9.88. The molecule has 4 aromatic carbocycles. The molecule has 8 heteroatoms. The summed E-state index contributed by atoms with van der Waals surface area (Å²) >= 11 is 0. The van der Waals surface area contributed by atoms with Gasteiger partial charge >= 0.3 is 0 Å². The molecule has 0 saturated carbocycles. The maximum atomic E-state index is 15.4. The van der Waals surface area contributed by atoms with Gasteiger partial charge in [-0.2, -0.15) is 0 Å². The van der Waals surface area contributed by atoms with E-state index in [4.69, 9.17) is 0 Å². The molecular formula is C32H24F8. The Kier molecular flexibility index (Phi) is 6.21. The second-order valence-electron chi connectivity index (χ2n) is 10.5. The monoisotopic (exact) mass is 560 g/mol. The predicted octanol–water partition coefficient (Wildman–Crippen LogP) is 8.73. The van der Waals surface area contributed by atoms with E-state index in [0.717, 1.165) is 0 Å². The van der Waals surface area contributed by atoms with E-state index in [-0.39, 0.29) is 86.3 Å². The Morgan fingerprint density at radius 1 is 0.200 bits per heavy atom. The van der Waals surface area contributed by atoms with Crippen molar-refractivity contribution in [3.8, 4) is 0 Å². The second kappa shape index (κ2) is 8.91. The molecule has 1 aliphatic carbocycles. The third-order valence-corrected chi connectivity index (χ3v) is 8.40. The van der Waals surface area contributed by atoms with Crippen LogP contribution in [0.2, 0.25) is 0 Å². The van der Waals surface area contributed by atoms with Gasteiger partial charge in [-0.3, -0.25) is 0 Å². The molecule has 4 aromatic rings. The first kappa shape index (κ1) is 27.9. The first-order valence-corrected chi connectivity index (χ1v) is 12.5. The van der Waals surface area contributed by atoms with Gasteiger partial charge in [-0.1, -0.05) is 0 Å². The van der Waals surface area contributed by atoms with Gasteiger partial charge < -0.3 is 0 Å². The zero-order valence-corrected chi connectivity index (χ0v) is 23.0. The van der Waals surface area contributed by atoms with Crippen LogP contribution >= 0.6 is 0 Å². The highest BCUT2D eigenvalue weighted by Crippen LogP contribution is 2.32. The molecule has 0 N–H and O–H groups in total. The fraction of sp³-hybridized carbons (Fsp3) is 0.250. The Hall–Kier alpha value is -3.68. The molecule has 0 aliphatic heterocycles. The Morgan fingerprint density at radius 3 is 0.350 bits per heavy atom. The van der Waals surface area contributed by atoms with Crippen molar-refractivity contribution in [3.05, 3.63) is 133 Å². The van der Waals surface area contributed by atoms with E-state index in [2.05, 4.69) is 0 Å². The zero-order valence-electron chi connectivity index (χ0n) is 23.0. The number of hydrogen-bond acceptors (Lipinski definition) is 0. The summed E-state index contributed by atoms with van der Waals surface area (Å²) in [6, 6.07) is 0. The lowest BCUT2D eigenvalue weighted by Gasteiger charge is -2.17. The van der Waals surface area contributed by atoms with E-state index in [1.807, 2.05) is 0 Å². The number of rotatable bonds is 0. The molecule has 40 heavy (non-hydrogen) atoms. The van der Waals surface area contributed by atoms with Crippen molar-refractivity contribution in [2.75, 3.05) is 0 Å². The van der Waals surface area contributed by atoms with Crippen LogP contribution in [0.4, 0.5) is 35.1 Å². The standard InChI is InChI=1S/C32H24F8/c1-9-17-18(10(2)26(34)25(9)33)20-12(4)29(37)30(38)14(6)22(20)24-16(8)32(40)31(39)15(7)23(24)21-13(5)28(36)27(35)11(3)19(17)21/h1-8H3/b19-17-,20-18-,23-21-,24-22-. The van der Waals surface area contributed by atoms with Crippen LogP contribution in [0, 0.1) is 144 Å². The third-order valence-electron chi connectivity index (χ3n) is 8.40. The summed E-state index contributed by atoms with van der Waals surface area (Å²) < 4.78 is 123. The lowest BCUT2D eigenvalue weighted by molar-refractivity contribution is 0.489. The molecule has 0 fully saturated rings. The Balaban J connectivity index is 2.73. The quantitative estimate of drug-likeness (QED) is 0.166. The van der Waals surface area contributed by atoms with Crippen molar-refractivity contribution < 1.29 is 35.1 Å². The summed E-state index contributed by atoms with van der Waals surface area (Å²) in [4.78, 5) is 0. The van der Waals surface area contributed by atoms with Gasteiger partial charge in [0, 0.05) is 0 Å². The van der Waals surface area contributed by atoms with E-state index < -0.39 is 46.5 Å². The summed E-state index contributed by atoms with van der Waals surface area (Å²) in [5, 5.41) is -0.607. The molecule has 0 radical (unpaired) electrons. The minimum atomic E-state index is -1.26. The van der Waals surface area contributed by atoms with Crippen molar-refractivity contribution in [3.63, 3.8) is 0 Å². The van der Waals surface area contributed by atoms with Gasteiger partial charge in [-0.25, -0.2) is 35.1 Å². The minimum Gasteiger partial charge on any atom is -0.203 e. The van der Waals surface area contributed by atoms with E-state index in [0.29, 0.717) is 0 Å². The van der Waals surface area contributed by atoms with E-state index in [1.165, 1.54) is 55.4 Å². The SMILES string of the molecule is Cc1c(F)c(F)c(C)c2/c1=c1/c(C)c(F)c(F)c(C)/c1=c1\c(C)c(F)c(F)c(C)\c1=c1/c(C)c(F)c(F)c(C)/c1=2. The van der Waals surface area contributed by atoms with Crippen molar-refractivity contribution in [1.29, 1.82) is 0 Å². The van der Waals surface area contributed by atoms with Crippen molar-refractivity contribution >= 4 is 0 Å². The summed E-state index contributed by atoms with van der Waals surface area (Å²) in [7, 11) is 0. The van der Waals surface area contributed by atoms with Gasteiger partial charge in [-0.15, -0.1) is 0 Å². The Labute approximate surface area is 223 Å². The van der Waals surface area contributed by atoms with Gasteiger partial charge in [0.2, 0.25) is 0 Å². The number of fused-ring (bicyclic) bond motifs is 4. The van der Waals surface area contributed by atoms with Crippen molar-refractivity contribution in [2.45, 2.75) is 55.4 Å². The molecule has 0 bridgehead atoms. The van der Waals surface area contributed by atoms with Gasteiger partial charge in [0.15, 0.2) is 46.5 Å². The molecule has 0 saturated heterocycles. The molecule has 0 heterocycles. The number of benzene rings is 4. The van der Waals surface area contributed by atoms with Crippen LogP contribution in [0.5, 0.6) is 0 Å². The molecule has 0 aromatic heterocycles. The molecule has 0 unspecified atom stereocenters. The Bertz CT molecular complexity index is 1740. The Morgan fingerprint density at radius 2 is 0.275 bits per heavy atom. The normalized spacial score (nSPS) is 15.6.